The molecule has 21 heavy (non-hydrogen) atoms. The molecule has 0 aliphatic heterocycles. The first-order valence-electron chi connectivity index (χ1n) is 6.93. The fourth-order valence-corrected chi connectivity index (χ4v) is 3.16. The molecule has 0 heterocycles. The minimum atomic E-state index is -0.296. The molecule has 0 amide bonds. The Morgan fingerprint density at radius 3 is 2.71 bits per heavy atom. The van der Waals surface area contributed by atoms with Crippen LogP contribution < -0.4 is 5.32 Å². The van der Waals surface area contributed by atoms with E-state index in [1.165, 1.54) is 22.6 Å². The van der Waals surface area contributed by atoms with Crippen LogP contribution in [0.15, 0.2) is 47.4 Å². The normalized spacial score (nSPS) is 11.1. The molecule has 4 heteroatoms. The van der Waals surface area contributed by atoms with E-state index in [1.807, 2.05) is 0 Å². The van der Waals surface area contributed by atoms with Gasteiger partial charge in [-0.2, -0.15) is 0 Å². The zero-order valence-electron chi connectivity index (χ0n) is 12.2. The van der Waals surface area contributed by atoms with Gasteiger partial charge in [-0.3, -0.25) is 0 Å². The first kappa shape index (κ1) is 16.3. The van der Waals surface area contributed by atoms with Crippen LogP contribution in [0.25, 0.3) is 0 Å². The maximum Gasteiger partial charge on any atom is 0.124 e. The summed E-state index contributed by atoms with van der Waals surface area (Å²) < 4.78 is 13.0. The van der Waals surface area contributed by atoms with Gasteiger partial charge in [-0.1, -0.05) is 43.6 Å². The van der Waals surface area contributed by atoms with E-state index in [0.29, 0.717) is 11.1 Å². The Balaban J connectivity index is 1.98. The van der Waals surface area contributed by atoms with E-state index in [4.69, 9.17) is 11.6 Å². The minimum absolute atomic E-state index is 0.296. The van der Waals surface area contributed by atoms with Gasteiger partial charge in [0, 0.05) is 28.3 Å². The molecule has 0 atom stereocenters. The van der Waals surface area contributed by atoms with Gasteiger partial charge in [-0.05, 0) is 35.4 Å². The van der Waals surface area contributed by atoms with E-state index in [2.05, 4.69) is 43.4 Å². The molecule has 0 spiro atoms. The van der Waals surface area contributed by atoms with Crippen molar-refractivity contribution < 1.29 is 4.39 Å². The van der Waals surface area contributed by atoms with Gasteiger partial charge in [0.1, 0.15) is 5.82 Å². The van der Waals surface area contributed by atoms with E-state index in [-0.39, 0.29) is 5.82 Å². The highest BCUT2D eigenvalue weighted by atomic mass is 35.5. The molecule has 0 unspecified atom stereocenters. The fourth-order valence-electron chi connectivity index (χ4n) is 1.87. The second kappa shape index (κ2) is 7.83. The van der Waals surface area contributed by atoms with Crippen molar-refractivity contribution >= 4 is 23.4 Å². The van der Waals surface area contributed by atoms with Gasteiger partial charge in [0.05, 0.1) is 0 Å². The average molecular weight is 324 g/mol. The lowest BCUT2D eigenvalue weighted by molar-refractivity contribution is 0.588. The molecule has 2 aromatic rings. The average Bonchev–Trinajstić information content (AvgIpc) is 2.45. The molecule has 112 valence electrons. The van der Waals surface area contributed by atoms with Crippen LogP contribution in [0.2, 0.25) is 5.02 Å². The maximum absolute atomic E-state index is 13.0. The molecule has 0 aliphatic rings. The van der Waals surface area contributed by atoms with Crippen molar-refractivity contribution in [3.05, 3.63) is 64.4 Å². The summed E-state index contributed by atoms with van der Waals surface area (Å²) in [4.78, 5) is 1.19. The second-order valence-electron chi connectivity index (χ2n) is 5.21. The van der Waals surface area contributed by atoms with Crippen molar-refractivity contribution in [2.45, 2.75) is 37.1 Å². The van der Waals surface area contributed by atoms with Crippen LogP contribution in [0.4, 0.5) is 4.39 Å². The Morgan fingerprint density at radius 1 is 1.19 bits per heavy atom. The molecule has 0 aromatic heterocycles. The second-order valence-corrected chi connectivity index (χ2v) is 6.66. The maximum atomic E-state index is 13.0. The van der Waals surface area contributed by atoms with Gasteiger partial charge in [-0.25, -0.2) is 4.39 Å². The summed E-state index contributed by atoms with van der Waals surface area (Å²) in [7, 11) is 0. The van der Waals surface area contributed by atoms with Gasteiger partial charge >= 0.3 is 0 Å². The predicted molar refractivity (Wildman–Crippen MR) is 89.4 cm³/mol. The highest BCUT2D eigenvalue weighted by molar-refractivity contribution is 7.98. The summed E-state index contributed by atoms with van der Waals surface area (Å²) in [5.41, 5.74) is 2.22. The molecule has 2 aromatic carbocycles. The Kier molecular flexibility index (Phi) is 6.09. The third-order valence-electron chi connectivity index (χ3n) is 3.02. The first-order chi connectivity index (χ1) is 10.0. The zero-order chi connectivity index (χ0) is 15.2. The van der Waals surface area contributed by atoms with Gasteiger partial charge in [0.2, 0.25) is 0 Å². The largest absolute Gasteiger partial charge is 0.310 e. The van der Waals surface area contributed by atoms with Crippen LogP contribution in [-0.2, 0) is 12.3 Å². The smallest absolute Gasteiger partial charge is 0.124 e. The number of rotatable bonds is 6. The number of halogens is 2. The highest BCUT2D eigenvalue weighted by Gasteiger charge is 2.04. The summed E-state index contributed by atoms with van der Waals surface area (Å²) in [5.74, 6) is 0.440. The van der Waals surface area contributed by atoms with Crippen LogP contribution >= 0.6 is 23.4 Å². The SMILES string of the molecule is CC(C)NCc1cccc(SCc2ccc(F)cc2Cl)c1. The Bertz CT molecular complexity index is 601. The van der Waals surface area contributed by atoms with E-state index in [0.717, 1.165) is 17.9 Å². The van der Waals surface area contributed by atoms with Crippen molar-refractivity contribution in [1.29, 1.82) is 0 Å². The molecule has 0 saturated heterocycles. The number of benzene rings is 2. The van der Waals surface area contributed by atoms with Gasteiger partial charge in [-0.15, -0.1) is 11.8 Å². The third kappa shape index (κ3) is 5.34. The Labute approximate surface area is 134 Å². The van der Waals surface area contributed by atoms with Crippen LogP contribution in [-0.4, -0.2) is 6.04 Å². The number of nitrogens with one attached hydrogen (secondary N) is 1. The lowest BCUT2D eigenvalue weighted by Gasteiger charge is -2.10. The van der Waals surface area contributed by atoms with Gasteiger partial charge < -0.3 is 5.32 Å². The van der Waals surface area contributed by atoms with Crippen molar-refractivity contribution in [3.63, 3.8) is 0 Å². The van der Waals surface area contributed by atoms with Gasteiger partial charge in [0.25, 0.3) is 0 Å². The third-order valence-corrected chi connectivity index (χ3v) is 4.42. The summed E-state index contributed by atoms with van der Waals surface area (Å²) in [6, 6.07) is 13.5. The van der Waals surface area contributed by atoms with E-state index in [9.17, 15) is 4.39 Å². The molecule has 0 fully saturated rings. The van der Waals surface area contributed by atoms with Crippen LogP contribution in [0, 0.1) is 5.82 Å². The van der Waals surface area contributed by atoms with Crippen LogP contribution in [0.5, 0.6) is 0 Å². The van der Waals surface area contributed by atoms with Crippen LogP contribution in [0.1, 0.15) is 25.0 Å². The van der Waals surface area contributed by atoms with Crippen molar-refractivity contribution in [2.24, 2.45) is 0 Å². The summed E-state index contributed by atoms with van der Waals surface area (Å²) in [5, 5.41) is 3.89. The van der Waals surface area contributed by atoms with E-state index < -0.39 is 0 Å². The number of thioether (sulfide) groups is 1. The van der Waals surface area contributed by atoms with Crippen LogP contribution in [0.3, 0.4) is 0 Å². The van der Waals surface area contributed by atoms with E-state index in [1.54, 1.807) is 17.8 Å². The lowest BCUT2D eigenvalue weighted by atomic mass is 10.2. The summed E-state index contributed by atoms with van der Waals surface area (Å²) >= 11 is 7.76. The number of hydrogen-bond donors (Lipinski definition) is 1. The zero-order valence-corrected chi connectivity index (χ0v) is 13.8. The molecular formula is C17H19ClFNS. The molecule has 2 rings (SSSR count). The lowest BCUT2D eigenvalue weighted by Crippen LogP contribution is -2.21. The first-order valence-corrected chi connectivity index (χ1v) is 8.30. The van der Waals surface area contributed by atoms with Crippen molar-refractivity contribution in [1.82, 2.24) is 5.32 Å². The molecule has 0 radical (unpaired) electrons. The van der Waals surface area contributed by atoms with Crippen molar-refractivity contribution in [3.8, 4) is 0 Å². The predicted octanol–water partition coefficient (Wildman–Crippen LogP) is 5.27. The van der Waals surface area contributed by atoms with Gasteiger partial charge in [0.15, 0.2) is 0 Å². The monoisotopic (exact) mass is 323 g/mol. The van der Waals surface area contributed by atoms with E-state index >= 15 is 0 Å². The standard InChI is InChI=1S/C17H19ClFNS/c1-12(2)20-10-13-4-3-5-16(8-13)21-11-14-6-7-15(19)9-17(14)18/h3-9,12,20H,10-11H2,1-2H3. The number of hydrogen-bond acceptors (Lipinski definition) is 2. The molecule has 0 saturated carbocycles. The Hall–Kier alpha value is -1.03. The topological polar surface area (TPSA) is 12.0 Å². The quantitative estimate of drug-likeness (QED) is 0.727. The highest BCUT2D eigenvalue weighted by Crippen LogP contribution is 2.27. The molecular weight excluding hydrogens is 305 g/mol. The Morgan fingerprint density at radius 2 is 2.00 bits per heavy atom. The molecule has 0 aliphatic carbocycles. The fraction of sp³-hybridized carbons (Fsp3) is 0.294. The van der Waals surface area contributed by atoms with Crippen molar-refractivity contribution in [2.75, 3.05) is 0 Å². The summed E-state index contributed by atoms with van der Waals surface area (Å²) in [6.07, 6.45) is 0. The molecule has 0 bridgehead atoms. The molecule has 1 N–H and O–H groups in total. The minimum Gasteiger partial charge on any atom is -0.310 e. The molecule has 1 nitrogen and oxygen atoms in total. The summed E-state index contributed by atoms with van der Waals surface area (Å²) in [6.45, 7) is 5.13.